The van der Waals surface area contributed by atoms with Crippen LogP contribution < -0.4 is 4.74 Å². The van der Waals surface area contributed by atoms with Crippen molar-refractivity contribution in [1.82, 2.24) is 9.97 Å². The number of hydrogen-bond donors (Lipinski definition) is 0. The highest BCUT2D eigenvalue weighted by atomic mass is 16.5. The van der Waals surface area contributed by atoms with Crippen molar-refractivity contribution in [3.8, 4) is 17.1 Å². The Morgan fingerprint density at radius 1 is 0.528 bits per heavy atom. The lowest BCUT2D eigenvalue weighted by molar-refractivity contribution is 0.302. The van der Waals surface area contributed by atoms with Gasteiger partial charge >= 0.3 is 0 Å². The van der Waals surface area contributed by atoms with Crippen LogP contribution in [0.15, 0.2) is 36.7 Å². The van der Waals surface area contributed by atoms with E-state index in [1.54, 1.807) is 0 Å². The standard InChI is InChI=1S/C33H54N2O/c1-3-5-7-9-11-13-14-15-16-18-20-22-30-23-25-31(26-24-30)33-34-28-32(29-35-33)36-27-21-19-17-12-10-8-6-4-2/h23-26,28-29H,3-22,27H2,1-2H3. The van der Waals surface area contributed by atoms with E-state index in [0.717, 1.165) is 30.2 Å². The van der Waals surface area contributed by atoms with Crippen LogP contribution in [0.25, 0.3) is 11.4 Å². The fourth-order valence-corrected chi connectivity index (χ4v) is 4.78. The average molecular weight is 495 g/mol. The molecule has 0 spiro atoms. The summed E-state index contributed by atoms with van der Waals surface area (Å²) in [5.74, 6) is 1.55. The molecule has 0 fully saturated rings. The highest BCUT2D eigenvalue weighted by Crippen LogP contribution is 2.19. The Hall–Kier alpha value is -1.90. The summed E-state index contributed by atoms with van der Waals surface area (Å²) in [6, 6.07) is 8.79. The van der Waals surface area contributed by atoms with Gasteiger partial charge in [0.05, 0.1) is 19.0 Å². The third kappa shape index (κ3) is 14.6. The average Bonchev–Trinajstić information content (AvgIpc) is 2.91. The molecule has 0 bridgehead atoms. The van der Waals surface area contributed by atoms with Crippen molar-refractivity contribution in [2.24, 2.45) is 0 Å². The SMILES string of the molecule is CCCCCCCCCCCCCc1ccc(-c2ncc(OCCCCCCCCCC)cn2)cc1. The Morgan fingerprint density at radius 2 is 0.972 bits per heavy atom. The maximum absolute atomic E-state index is 5.84. The molecular weight excluding hydrogens is 440 g/mol. The summed E-state index contributed by atoms with van der Waals surface area (Å²) < 4.78 is 5.84. The first-order valence-corrected chi connectivity index (χ1v) is 15.4. The lowest BCUT2D eigenvalue weighted by atomic mass is 10.0. The number of unbranched alkanes of at least 4 members (excludes halogenated alkanes) is 17. The second-order valence-corrected chi connectivity index (χ2v) is 10.5. The van der Waals surface area contributed by atoms with E-state index in [0.29, 0.717) is 0 Å². The van der Waals surface area contributed by atoms with Crippen LogP contribution in [0.3, 0.4) is 0 Å². The maximum Gasteiger partial charge on any atom is 0.159 e. The molecule has 3 heteroatoms. The summed E-state index contributed by atoms with van der Waals surface area (Å²) in [5, 5.41) is 0. The molecule has 0 saturated carbocycles. The fraction of sp³-hybridized carbons (Fsp3) is 0.697. The summed E-state index contributed by atoms with van der Waals surface area (Å²) in [7, 11) is 0. The molecule has 0 N–H and O–H groups in total. The molecule has 3 nitrogen and oxygen atoms in total. The summed E-state index contributed by atoms with van der Waals surface area (Å²) in [4.78, 5) is 9.06. The highest BCUT2D eigenvalue weighted by molar-refractivity contribution is 5.55. The Morgan fingerprint density at radius 3 is 1.47 bits per heavy atom. The van der Waals surface area contributed by atoms with Crippen molar-refractivity contribution in [3.63, 3.8) is 0 Å². The normalized spacial score (nSPS) is 11.2. The molecule has 0 unspecified atom stereocenters. The number of aryl methyl sites for hydroxylation is 1. The van der Waals surface area contributed by atoms with Gasteiger partial charge in [0.25, 0.3) is 0 Å². The molecule has 0 saturated heterocycles. The molecule has 2 rings (SSSR count). The van der Waals surface area contributed by atoms with E-state index < -0.39 is 0 Å². The second kappa shape index (κ2) is 21.2. The van der Waals surface area contributed by atoms with Crippen LogP contribution in [-0.4, -0.2) is 16.6 Å². The maximum atomic E-state index is 5.84. The summed E-state index contributed by atoms with van der Waals surface area (Å²) >= 11 is 0. The number of ether oxygens (including phenoxy) is 1. The van der Waals surface area contributed by atoms with Crippen LogP contribution in [0.2, 0.25) is 0 Å². The molecule has 1 aromatic heterocycles. The third-order valence-corrected chi connectivity index (χ3v) is 7.18. The first-order valence-electron chi connectivity index (χ1n) is 15.4. The Labute approximate surface area is 222 Å². The summed E-state index contributed by atoms with van der Waals surface area (Å²) in [6.45, 7) is 5.31. The third-order valence-electron chi connectivity index (χ3n) is 7.18. The second-order valence-electron chi connectivity index (χ2n) is 10.5. The molecule has 0 radical (unpaired) electrons. The van der Waals surface area contributed by atoms with Crippen LogP contribution >= 0.6 is 0 Å². The lowest BCUT2D eigenvalue weighted by Crippen LogP contribution is -1.99. The van der Waals surface area contributed by atoms with Gasteiger partial charge < -0.3 is 4.74 Å². The molecule has 0 amide bonds. The van der Waals surface area contributed by atoms with E-state index in [9.17, 15) is 0 Å². The minimum atomic E-state index is 0.755. The van der Waals surface area contributed by atoms with E-state index in [1.807, 2.05) is 12.4 Å². The Bertz CT molecular complexity index is 741. The minimum Gasteiger partial charge on any atom is -0.490 e. The zero-order valence-electron chi connectivity index (χ0n) is 23.6. The van der Waals surface area contributed by atoms with Gasteiger partial charge in [-0.1, -0.05) is 147 Å². The number of aromatic nitrogens is 2. The van der Waals surface area contributed by atoms with Gasteiger partial charge in [-0.25, -0.2) is 9.97 Å². The minimum absolute atomic E-state index is 0.755. The van der Waals surface area contributed by atoms with Crippen molar-refractivity contribution in [2.75, 3.05) is 6.61 Å². The zero-order chi connectivity index (χ0) is 25.5. The molecule has 2 aromatic rings. The Kier molecular flexibility index (Phi) is 17.9. The van der Waals surface area contributed by atoms with E-state index in [1.165, 1.54) is 128 Å². The number of benzene rings is 1. The quantitative estimate of drug-likeness (QED) is 0.144. The van der Waals surface area contributed by atoms with E-state index in [-0.39, 0.29) is 0 Å². The van der Waals surface area contributed by atoms with E-state index in [4.69, 9.17) is 4.74 Å². The number of nitrogens with zero attached hydrogens (tertiary/aromatic N) is 2. The van der Waals surface area contributed by atoms with Crippen molar-refractivity contribution >= 4 is 0 Å². The van der Waals surface area contributed by atoms with Crippen molar-refractivity contribution in [3.05, 3.63) is 42.2 Å². The monoisotopic (exact) mass is 494 g/mol. The number of rotatable bonds is 23. The van der Waals surface area contributed by atoms with Crippen molar-refractivity contribution in [2.45, 2.75) is 142 Å². The molecule has 0 aliphatic heterocycles. The molecule has 202 valence electrons. The van der Waals surface area contributed by atoms with Crippen LogP contribution in [0, 0.1) is 0 Å². The number of hydrogen-bond acceptors (Lipinski definition) is 3. The van der Waals surface area contributed by atoms with E-state index >= 15 is 0 Å². The first-order chi connectivity index (χ1) is 17.8. The van der Waals surface area contributed by atoms with Gasteiger partial charge in [-0.05, 0) is 24.8 Å². The van der Waals surface area contributed by atoms with Gasteiger partial charge in [0, 0.05) is 5.56 Å². The van der Waals surface area contributed by atoms with Crippen molar-refractivity contribution < 1.29 is 4.74 Å². The smallest absolute Gasteiger partial charge is 0.159 e. The zero-order valence-corrected chi connectivity index (χ0v) is 23.6. The first kappa shape index (κ1) is 30.3. The molecule has 36 heavy (non-hydrogen) atoms. The molecule has 1 heterocycles. The Balaban J connectivity index is 1.53. The molecule has 1 aromatic carbocycles. The van der Waals surface area contributed by atoms with Gasteiger partial charge in [0.2, 0.25) is 0 Å². The highest BCUT2D eigenvalue weighted by Gasteiger charge is 2.03. The summed E-state index contributed by atoms with van der Waals surface area (Å²) in [6.07, 6.45) is 30.6. The van der Waals surface area contributed by atoms with Crippen LogP contribution in [0.1, 0.15) is 141 Å². The van der Waals surface area contributed by atoms with Crippen LogP contribution in [0.5, 0.6) is 5.75 Å². The van der Waals surface area contributed by atoms with Crippen LogP contribution in [0.4, 0.5) is 0 Å². The molecule has 0 aliphatic rings. The topological polar surface area (TPSA) is 35.0 Å². The van der Waals surface area contributed by atoms with Gasteiger partial charge in [-0.3, -0.25) is 0 Å². The van der Waals surface area contributed by atoms with Crippen LogP contribution in [-0.2, 0) is 6.42 Å². The predicted molar refractivity (Wildman–Crippen MR) is 156 cm³/mol. The largest absolute Gasteiger partial charge is 0.490 e. The molecule has 0 atom stereocenters. The fourth-order valence-electron chi connectivity index (χ4n) is 4.78. The predicted octanol–water partition coefficient (Wildman–Crippen LogP) is 10.5. The van der Waals surface area contributed by atoms with Gasteiger partial charge in [0.15, 0.2) is 11.6 Å². The summed E-state index contributed by atoms with van der Waals surface area (Å²) in [5.41, 5.74) is 2.49. The van der Waals surface area contributed by atoms with E-state index in [2.05, 4.69) is 48.1 Å². The van der Waals surface area contributed by atoms with Crippen molar-refractivity contribution in [1.29, 1.82) is 0 Å². The van der Waals surface area contributed by atoms with Gasteiger partial charge in [-0.15, -0.1) is 0 Å². The van der Waals surface area contributed by atoms with Gasteiger partial charge in [-0.2, -0.15) is 0 Å². The lowest BCUT2D eigenvalue weighted by Gasteiger charge is -2.07. The van der Waals surface area contributed by atoms with Gasteiger partial charge in [0.1, 0.15) is 0 Å². The molecule has 0 aliphatic carbocycles. The molecular formula is C33H54N2O.